The highest BCUT2D eigenvalue weighted by Gasteiger charge is 2.28. The average Bonchev–Trinajstić information content (AvgIpc) is 2.59. The number of H-pyrrole nitrogens is 1. The fourth-order valence-electron chi connectivity index (χ4n) is 3.00. The van der Waals surface area contributed by atoms with E-state index in [2.05, 4.69) is 4.98 Å². The van der Waals surface area contributed by atoms with E-state index in [1.165, 1.54) is 0 Å². The van der Waals surface area contributed by atoms with Crippen LogP contribution in [-0.2, 0) is 6.54 Å². The molecule has 0 atom stereocenters. The Labute approximate surface area is 153 Å². The molecule has 1 heterocycles. The van der Waals surface area contributed by atoms with Gasteiger partial charge in [0, 0.05) is 22.2 Å². The lowest BCUT2D eigenvalue weighted by Gasteiger charge is -2.35. The molecule has 4 heteroatoms. The number of carbonyl (C=O) groups excluding carboxylic acids is 1. The first-order valence-corrected chi connectivity index (χ1v) is 8.75. The van der Waals surface area contributed by atoms with Crippen LogP contribution in [0.5, 0.6) is 0 Å². The predicted molar refractivity (Wildman–Crippen MR) is 105 cm³/mol. The number of nitrogens with one attached hydrogen (secondary N) is 1. The molecule has 0 bridgehead atoms. The molecule has 134 valence electrons. The summed E-state index contributed by atoms with van der Waals surface area (Å²) in [6, 6.07) is 17.0. The van der Waals surface area contributed by atoms with Crippen LogP contribution in [0.15, 0.2) is 59.4 Å². The SMILES string of the molecule is Cc1ccc2cc(CN(C(=O)c3ccccc3)C(C)(C)C)c(=O)[nH]c2c1. The normalized spacial score (nSPS) is 11.5. The Morgan fingerprint density at radius 1 is 1.04 bits per heavy atom. The maximum absolute atomic E-state index is 13.0. The van der Waals surface area contributed by atoms with Crippen LogP contribution in [0.2, 0.25) is 0 Å². The van der Waals surface area contributed by atoms with Crippen LogP contribution in [0, 0.1) is 6.92 Å². The van der Waals surface area contributed by atoms with Gasteiger partial charge in [-0.3, -0.25) is 9.59 Å². The molecule has 0 spiro atoms. The predicted octanol–water partition coefficient (Wildman–Crippen LogP) is 4.28. The monoisotopic (exact) mass is 348 g/mol. The number of rotatable bonds is 3. The first-order valence-electron chi connectivity index (χ1n) is 8.75. The van der Waals surface area contributed by atoms with Gasteiger partial charge in [0.1, 0.15) is 0 Å². The van der Waals surface area contributed by atoms with E-state index in [1.807, 2.05) is 70.2 Å². The van der Waals surface area contributed by atoms with Gasteiger partial charge in [-0.25, -0.2) is 0 Å². The highest BCUT2D eigenvalue weighted by Crippen LogP contribution is 2.21. The molecule has 0 saturated carbocycles. The molecule has 26 heavy (non-hydrogen) atoms. The second-order valence-corrected chi connectivity index (χ2v) is 7.64. The van der Waals surface area contributed by atoms with Crippen LogP contribution >= 0.6 is 0 Å². The minimum Gasteiger partial charge on any atom is -0.329 e. The molecule has 0 radical (unpaired) electrons. The molecule has 1 aromatic heterocycles. The topological polar surface area (TPSA) is 53.2 Å². The number of aryl methyl sites for hydroxylation is 1. The molecular formula is C22H24N2O2. The van der Waals surface area contributed by atoms with Crippen LogP contribution in [0.1, 0.15) is 42.3 Å². The van der Waals surface area contributed by atoms with Gasteiger partial charge in [-0.05, 0) is 62.9 Å². The zero-order valence-corrected chi connectivity index (χ0v) is 15.7. The molecule has 3 rings (SSSR count). The molecule has 2 aromatic carbocycles. The second-order valence-electron chi connectivity index (χ2n) is 7.64. The van der Waals surface area contributed by atoms with Crippen molar-refractivity contribution in [3.63, 3.8) is 0 Å². The van der Waals surface area contributed by atoms with E-state index in [0.717, 1.165) is 16.5 Å². The van der Waals surface area contributed by atoms with Crippen molar-refractivity contribution in [3.8, 4) is 0 Å². The van der Waals surface area contributed by atoms with Gasteiger partial charge in [0.15, 0.2) is 0 Å². The maximum atomic E-state index is 13.0. The summed E-state index contributed by atoms with van der Waals surface area (Å²) in [4.78, 5) is 30.3. The number of hydrogen-bond acceptors (Lipinski definition) is 2. The Bertz CT molecular complexity index is 998. The van der Waals surface area contributed by atoms with Crippen LogP contribution in [-0.4, -0.2) is 21.3 Å². The number of nitrogens with zero attached hydrogens (tertiary/aromatic N) is 1. The van der Waals surface area contributed by atoms with E-state index in [9.17, 15) is 9.59 Å². The third kappa shape index (κ3) is 3.69. The minimum absolute atomic E-state index is 0.0819. The van der Waals surface area contributed by atoms with Crippen LogP contribution in [0.25, 0.3) is 10.9 Å². The van der Waals surface area contributed by atoms with Gasteiger partial charge in [-0.1, -0.05) is 30.3 Å². The molecule has 0 aliphatic carbocycles. The summed E-state index contributed by atoms with van der Waals surface area (Å²) in [5.74, 6) is -0.0819. The van der Waals surface area contributed by atoms with Crippen molar-refractivity contribution in [2.45, 2.75) is 39.8 Å². The van der Waals surface area contributed by atoms with E-state index in [1.54, 1.807) is 17.0 Å². The van der Waals surface area contributed by atoms with Crippen molar-refractivity contribution in [2.75, 3.05) is 0 Å². The number of hydrogen-bond donors (Lipinski definition) is 1. The Morgan fingerprint density at radius 2 is 1.73 bits per heavy atom. The third-order valence-corrected chi connectivity index (χ3v) is 4.48. The van der Waals surface area contributed by atoms with Crippen molar-refractivity contribution < 1.29 is 4.79 Å². The number of benzene rings is 2. The number of aromatic nitrogens is 1. The average molecular weight is 348 g/mol. The zero-order chi connectivity index (χ0) is 18.9. The zero-order valence-electron chi connectivity index (χ0n) is 15.7. The molecule has 4 nitrogen and oxygen atoms in total. The smallest absolute Gasteiger partial charge is 0.254 e. The minimum atomic E-state index is -0.415. The molecule has 0 aliphatic rings. The standard InChI is InChI=1S/C22H24N2O2/c1-15-10-11-17-13-18(20(25)23-19(17)12-15)14-24(22(2,3)4)21(26)16-8-6-5-7-9-16/h5-13H,14H2,1-4H3,(H,23,25). The lowest BCUT2D eigenvalue weighted by Crippen LogP contribution is -2.46. The largest absolute Gasteiger partial charge is 0.329 e. The summed E-state index contributed by atoms with van der Waals surface area (Å²) >= 11 is 0. The van der Waals surface area contributed by atoms with Crippen LogP contribution in [0.4, 0.5) is 0 Å². The number of aromatic amines is 1. The summed E-state index contributed by atoms with van der Waals surface area (Å²) in [5.41, 5.74) is 2.54. The van der Waals surface area contributed by atoms with Crippen LogP contribution < -0.4 is 5.56 Å². The maximum Gasteiger partial charge on any atom is 0.254 e. The van der Waals surface area contributed by atoms with E-state index in [-0.39, 0.29) is 18.0 Å². The highest BCUT2D eigenvalue weighted by atomic mass is 16.2. The summed E-state index contributed by atoms with van der Waals surface area (Å²) in [6.07, 6.45) is 0. The molecule has 1 amide bonds. The fraction of sp³-hybridized carbons (Fsp3) is 0.273. The third-order valence-electron chi connectivity index (χ3n) is 4.48. The molecule has 0 unspecified atom stereocenters. The number of pyridine rings is 1. The van der Waals surface area contributed by atoms with Crippen LogP contribution in [0.3, 0.4) is 0 Å². The van der Waals surface area contributed by atoms with Gasteiger partial charge in [0.25, 0.3) is 11.5 Å². The first-order chi connectivity index (χ1) is 12.3. The molecule has 0 aliphatic heterocycles. The Hall–Kier alpha value is -2.88. The molecule has 0 fully saturated rings. The second kappa shape index (κ2) is 6.79. The van der Waals surface area contributed by atoms with Gasteiger partial charge < -0.3 is 9.88 Å². The fourth-order valence-corrected chi connectivity index (χ4v) is 3.00. The lowest BCUT2D eigenvalue weighted by atomic mass is 10.0. The van der Waals surface area contributed by atoms with Gasteiger partial charge in [-0.2, -0.15) is 0 Å². The van der Waals surface area contributed by atoms with E-state index >= 15 is 0 Å². The Kier molecular flexibility index (Phi) is 4.68. The number of carbonyl (C=O) groups is 1. The Balaban J connectivity index is 2.01. The van der Waals surface area contributed by atoms with Crippen molar-refractivity contribution in [1.29, 1.82) is 0 Å². The van der Waals surface area contributed by atoms with Crippen molar-refractivity contribution in [3.05, 3.63) is 81.6 Å². The van der Waals surface area contributed by atoms with Gasteiger partial charge in [0.05, 0.1) is 6.54 Å². The van der Waals surface area contributed by atoms with E-state index in [4.69, 9.17) is 0 Å². The summed E-state index contributed by atoms with van der Waals surface area (Å²) in [7, 11) is 0. The highest BCUT2D eigenvalue weighted by molar-refractivity contribution is 5.94. The molecular weight excluding hydrogens is 324 g/mol. The van der Waals surface area contributed by atoms with Crippen molar-refractivity contribution in [2.24, 2.45) is 0 Å². The summed E-state index contributed by atoms with van der Waals surface area (Å²) in [5, 5.41) is 0.964. The van der Waals surface area contributed by atoms with Gasteiger partial charge in [0.2, 0.25) is 0 Å². The molecule has 1 N–H and O–H groups in total. The summed E-state index contributed by atoms with van der Waals surface area (Å²) < 4.78 is 0. The number of amides is 1. The van der Waals surface area contributed by atoms with Gasteiger partial charge >= 0.3 is 0 Å². The van der Waals surface area contributed by atoms with Crippen molar-refractivity contribution >= 4 is 16.8 Å². The molecule has 0 saturated heterocycles. The first kappa shape index (κ1) is 17.9. The molecule has 3 aromatic rings. The van der Waals surface area contributed by atoms with Gasteiger partial charge in [-0.15, -0.1) is 0 Å². The lowest BCUT2D eigenvalue weighted by molar-refractivity contribution is 0.0558. The quantitative estimate of drug-likeness (QED) is 0.768. The van der Waals surface area contributed by atoms with Crippen molar-refractivity contribution in [1.82, 2.24) is 9.88 Å². The van der Waals surface area contributed by atoms with E-state index < -0.39 is 5.54 Å². The number of fused-ring (bicyclic) bond motifs is 1. The Morgan fingerprint density at radius 3 is 2.38 bits per heavy atom. The van der Waals surface area contributed by atoms with E-state index in [0.29, 0.717) is 11.1 Å². The summed E-state index contributed by atoms with van der Waals surface area (Å²) in [6.45, 7) is 8.19.